The van der Waals surface area contributed by atoms with Gasteiger partial charge in [-0.25, -0.2) is 4.39 Å². The third-order valence-corrected chi connectivity index (χ3v) is 2.78. The van der Waals surface area contributed by atoms with E-state index in [0.29, 0.717) is 17.8 Å². The Hall–Kier alpha value is -1.69. The lowest BCUT2D eigenvalue weighted by atomic mass is 10.1. The summed E-state index contributed by atoms with van der Waals surface area (Å²) in [6, 6.07) is 3.61. The van der Waals surface area contributed by atoms with E-state index in [1.807, 2.05) is 6.92 Å². The van der Waals surface area contributed by atoms with Crippen molar-refractivity contribution in [2.45, 2.75) is 26.3 Å². The fourth-order valence-corrected chi connectivity index (χ4v) is 1.72. The predicted molar refractivity (Wildman–Crippen MR) is 78.7 cm³/mol. The Morgan fingerprint density at radius 1 is 1.53 bits per heavy atom. The van der Waals surface area contributed by atoms with Crippen molar-refractivity contribution in [3.05, 3.63) is 29.6 Å². The normalized spacial score (nSPS) is 11.7. The molecule has 104 valence electrons. The quantitative estimate of drug-likeness (QED) is 0.696. The Morgan fingerprint density at radius 3 is 2.79 bits per heavy atom. The van der Waals surface area contributed by atoms with Crippen LogP contribution in [0.2, 0.25) is 0 Å². The second kappa shape index (κ2) is 7.04. The summed E-state index contributed by atoms with van der Waals surface area (Å²) in [4.78, 5) is 11.8. The lowest BCUT2D eigenvalue weighted by Gasteiger charge is -2.17. The number of thiocarbonyl (C=S) groups is 1. The van der Waals surface area contributed by atoms with Crippen LogP contribution in [0.15, 0.2) is 18.2 Å². The highest BCUT2D eigenvalue weighted by atomic mass is 32.1. The average Bonchev–Trinajstić information content (AvgIpc) is 2.37. The molecular formula is C13H18FN3OS. The zero-order valence-electron chi connectivity index (χ0n) is 11.0. The Bertz CT molecular complexity index is 479. The number of carbonyl (C=O) groups is 1. The van der Waals surface area contributed by atoms with Gasteiger partial charge in [0.25, 0.3) is 0 Å². The SMILES string of the molecule is CCCNC(=O)C(C)Nc1ccc(F)cc1C(N)=S. The third-order valence-electron chi connectivity index (χ3n) is 2.56. The van der Waals surface area contributed by atoms with E-state index < -0.39 is 11.9 Å². The molecule has 0 radical (unpaired) electrons. The van der Waals surface area contributed by atoms with Gasteiger partial charge in [0.1, 0.15) is 16.8 Å². The van der Waals surface area contributed by atoms with Gasteiger partial charge in [-0.2, -0.15) is 0 Å². The van der Waals surface area contributed by atoms with Crippen LogP contribution in [0.5, 0.6) is 0 Å². The van der Waals surface area contributed by atoms with E-state index in [0.717, 1.165) is 6.42 Å². The molecule has 4 N–H and O–H groups in total. The van der Waals surface area contributed by atoms with E-state index in [1.54, 1.807) is 6.92 Å². The molecule has 0 spiro atoms. The number of carbonyl (C=O) groups excluding carboxylic acids is 1. The van der Waals surface area contributed by atoms with Gasteiger partial charge in [0.2, 0.25) is 5.91 Å². The van der Waals surface area contributed by atoms with Gasteiger partial charge in [-0.3, -0.25) is 4.79 Å². The van der Waals surface area contributed by atoms with Crippen LogP contribution < -0.4 is 16.4 Å². The first kappa shape index (κ1) is 15.4. The van der Waals surface area contributed by atoms with Gasteiger partial charge in [-0.05, 0) is 31.5 Å². The molecule has 0 saturated heterocycles. The smallest absolute Gasteiger partial charge is 0.242 e. The third kappa shape index (κ3) is 4.48. The number of hydrogen-bond donors (Lipinski definition) is 3. The van der Waals surface area contributed by atoms with E-state index in [-0.39, 0.29) is 10.9 Å². The van der Waals surface area contributed by atoms with E-state index in [1.165, 1.54) is 18.2 Å². The lowest BCUT2D eigenvalue weighted by molar-refractivity contribution is -0.121. The van der Waals surface area contributed by atoms with Gasteiger partial charge < -0.3 is 16.4 Å². The van der Waals surface area contributed by atoms with Crippen LogP contribution >= 0.6 is 12.2 Å². The van der Waals surface area contributed by atoms with E-state index in [4.69, 9.17) is 18.0 Å². The van der Waals surface area contributed by atoms with Crippen LogP contribution in [0, 0.1) is 5.82 Å². The maximum atomic E-state index is 13.1. The van der Waals surface area contributed by atoms with E-state index in [9.17, 15) is 9.18 Å². The van der Waals surface area contributed by atoms with Gasteiger partial charge >= 0.3 is 0 Å². The summed E-state index contributed by atoms with van der Waals surface area (Å²) < 4.78 is 13.1. The molecule has 0 aliphatic carbocycles. The van der Waals surface area contributed by atoms with Crippen molar-refractivity contribution < 1.29 is 9.18 Å². The van der Waals surface area contributed by atoms with Crippen molar-refractivity contribution in [1.29, 1.82) is 0 Å². The number of amides is 1. The molecule has 0 bridgehead atoms. The van der Waals surface area contributed by atoms with Crippen molar-refractivity contribution in [1.82, 2.24) is 5.32 Å². The summed E-state index contributed by atoms with van der Waals surface area (Å²) in [6.07, 6.45) is 0.868. The summed E-state index contributed by atoms with van der Waals surface area (Å²) in [5, 5.41) is 5.75. The standard InChI is InChI=1S/C13H18FN3OS/c1-3-6-16-13(18)8(2)17-11-5-4-9(14)7-10(11)12(15)19/h4-5,7-8,17H,3,6H2,1-2H3,(H2,15,19)(H,16,18). The molecule has 19 heavy (non-hydrogen) atoms. The molecule has 1 aromatic carbocycles. The van der Waals surface area contributed by atoms with E-state index >= 15 is 0 Å². The minimum absolute atomic E-state index is 0.0863. The highest BCUT2D eigenvalue weighted by Gasteiger charge is 2.14. The van der Waals surface area contributed by atoms with Crippen molar-refractivity contribution in [3.63, 3.8) is 0 Å². The molecule has 0 aromatic heterocycles. The number of hydrogen-bond acceptors (Lipinski definition) is 3. The zero-order valence-corrected chi connectivity index (χ0v) is 11.8. The number of anilines is 1. The molecular weight excluding hydrogens is 265 g/mol. The fraction of sp³-hybridized carbons (Fsp3) is 0.385. The van der Waals surface area contributed by atoms with Crippen LogP contribution in [0.4, 0.5) is 10.1 Å². The van der Waals surface area contributed by atoms with Crippen LogP contribution in [0.1, 0.15) is 25.8 Å². The minimum atomic E-state index is -0.454. The van der Waals surface area contributed by atoms with Gasteiger partial charge in [-0.15, -0.1) is 0 Å². The van der Waals surface area contributed by atoms with Crippen LogP contribution in [0.25, 0.3) is 0 Å². The van der Waals surface area contributed by atoms with Gasteiger partial charge in [0.05, 0.1) is 0 Å². The monoisotopic (exact) mass is 283 g/mol. The molecule has 0 saturated carbocycles. The first-order valence-electron chi connectivity index (χ1n) is 6.09. The summed E-state index contributed by atoms with van der Waals surface area (Å²) in [5.41, 5.74) is 6.48. The summed E-state index contributed by atoms with van der Waals surface area (Å²) in [6.45, 7) is 4.32. The van der Waals surface area contributed by atoms with Gasteiger partial charge in [0, 0.05) is 17.8 Å². The Morgan fingerprint density at radius 2 is 2.21 bits per heavy atom. The minimum Gasteiger partial charge on any atom is -0.389 e. The van der Waals surface area contributed by atoms with E-state index in [2.05, 4.69) is 10.6 Å². The average molecular weight is 283 g/mol. The largest absolute Gasteiger partial charge is 0.389 e. The predicted octanol–water partition coefficient (Wildman–Crippen LogP) is 1.79. The molecule has 1 aromatic rings. The maximum Gasteiger partial charge on any atom is 0.242 e. The zero-order chi connectivity index (χ0) is 14.4. The van der Waals surface area contributed by atoms with Crippen molar-refractivity contribution in [3.8, 4) is 0 Å². The Kier molecular flexibility index (Phi) is 5.69. The second-order valence-electron chi connectivity index (χ2n) is 4.21. The number of benzene rings is 1. The number of nitrogens with one attached hydrogen (secondary N) is 2. The van der Waals surface area contributed by atoms with Gasteiger partial charge in [0.15, 0.2) is 0 Å². The first-order valence-corrected chi connectivity index (χ1v) is 6.50. The highest BCUT2D eigenvalue weighted by molar-refractivity contribution is 7.80. The van der Waals surface area contributed by atoms with Crippen molar-refractivity contribution in [2.24, 2.45) is 5.73 Å². The molecule has 1 unspecified atom stereocenters. The number of halogens is 1. The second-order valence-corrected chi connectivity index (χ2v) is 4.65. The molecule has 1 rings (SSSR count). The molecule has 0 aliphatic rings. The van der Waals surface area contributed by atoms with Crippen molar-refractivity contribution >= 4 is 28.8 Å². The van der Waals surface area contributed by atoms with Crippen LogP contribution in [0.3, 0.4) is 0 Å². The molecule has 4 nitrogen and oxygen atoms in total. The maximum absolute atomic E-state index is 13.1. The highest BCUT2D eigenvalue weighted by Crippen LogP contribution is 2.18. The summed E-state index contributed by atoms with van der Waals surface area (Å²) in [5.74, 6) is -0.545. The Labute approximate surface area is 117 Å². The van der Waals surface area contributed by atoms with Crippen LogP contribution in [-0.2, 0) is 4.79 Å². The summed E-state index contributed by atoms with van der Waals surface area (Å²) >= 11 is 4.87. The number of rotatable bonds is 6. The molecule has 6 heteroatoms. The fourth-order valence-electron chi connectivity index (χ4n) is 1.55. The molecule has 0 fully saturated rings. The molecule has 0 heterocycles. The van der Waals surface area contributed by atoms with Crippen molar-refractivity contribution in [2.75, 3.05) is 11.9 Å². The molecule has 0 aliphatic heterocycles. The van der Waals surface area contributed by atoms with Gasteiger partial charge in [-0.1, -0.05) is 19.1 Å². The lowest BCUT2D eigenvalue weighted by Crippen LogP contribution is -2.38. The first-order chi connectivity index (χ1) is 8.95. The van der Waals surface area contributed by atoms with Crippen LogP contribution in [-0.4, -0.2) is 23.5 Å². The number of nitrogens with two attached hydrogens (primary N) is 1. The Balaban J connectivity index is 2.81. The summed E-state index contributed by atoms with van der Waals surface area (Å²) in [7, 11) is 0. The molecule has 1 amide bonds. The molecule has 1 atom stereocenters. The topological polar surface area (TPSA) is 67.2 Å².